The number of hydrogen-bond donors (Lipinski definition) is 4. The number of hydrogen-bond acceptors (Lipinski definition) is 6. The van der Waals surface area contributed by atoms with Crippen LogP contribution in [-0.2, 0) is 17.6 Å². The molecule has 3 aliphatic heterocycles. The van der Waals surface area contributed by atoms with Gasteiger partial charge >= 0.3 is 0 Å². The smallest absolute Gasteiger partial charge is 0.261 e. The number of thiol groups is 1. The van der Waals surface area contributed by atoms with Gasteiger partial charge in [-0.2, -0.15) is 12.6 Å². The number of aromatic hydroxyl groups is 1. The number of benzene rings is 1. The zero-order valence-corrected chi connectivity index (χ0v) is 23.9. The van der Waals surface area contributed by atoms with Crippen LogP contribution in [-0.4, -0.2) is 68.2 Å². The molecule has 1 aromatic heterocycles. The number of aromatic amines is 1. The molecule has 2 aromatic rings. The fraction of sp³-hybridized carbons (Fsp3) is 0.613. The predicted octanol–water partition coefficient (Wildman–Crippen LogP) is 3.93. The lowest BCUT2D eigenvalue weighted by atomic mass is 9.66. The maximum Gasteiger partial charge on any atom is 0.261 e. The number of aliphatic hydroxyl groups excluding tert-OH is 1. The quantitative estimate of drug-likeness (QED) is 0.391. The minimum Gasteiger partial charge on any atom is -0.508 e. The molecule has 1 aliphatic carbocycles. The van der Waals surface area contributed by atoms with Crippen molar-refractivity contribution >= 4 is 18.5 Å². The maximum atomic E-state index is 13.4. The van der Waals surface area contributed by atoms with Gasteiger partial charge in [-0.3, -0.25) is 9.59 Å². The molecule has 1 amide bonds. The summed E-state index contributed by atoms with van der Waals surface area (Å²) in [4.78, 5) is 34.4. The number of pyridine rings is 1. The maximum absolute atomic E-state index is 13.4. The van der Waals surface area contributed by atoms with E-state index in [-0.39, 0.29) is 46.4 Å². The number of nitrogens with zero attached hydrogens (tertiary/aromatic N) is 2. The number of carbonyl (C=O) groups is 1. The summed E-state index contributed by atoms with van der Waals surface area (Å²) in [5, 5.41) is 20.5. The number of carbonyl (C=O) groups excluding carboxylic acids is 1. The van der Waals surface area contributed by atoms with E-state index in [4.69, 9.17) is 0 Å². The SMILES string of the molecule is Cc1ccc(O)cc1C1(Cc2[nH]c(=O)c(C(=O)N3C4CC(O)CC3C4)cc2CS)CCN(CC2CC2)C(C)C1. The van der Waals surface area contributed by atoms with Crippen LogP contribution in [0.5, 0.6) is 5.75 Å². The van der Waals surface area contributed by atoms with Crippen molar-refractivity contribution in [1.82, 2.24) is 14.8 Å². The Morgan fingerprint density at radius 1 is 1.18 bits per heavy atom. The second kappa shape index (κ2) is 10.3. The number of H-pyrrole nitrogens is 1. The molecule has 3 N–H and O–H groups in total. The molecule has 2 bridgehead atoms. The van der Waals surface area contributed by atoms with Gasteiger partial charge in [0.05, 0.1) is 6.10 Å². The van der Waals surface area contributed by atoms with E-state index in [1.54, 1.807) is 17.0 Å². The van der Waals surface area contributed by atoms with Crippen LogP contribution in [0.2, 0.25) is 0 Å². The summed E-state index contributed by atoms with van der Waals surface area (Å²) in [5.41, 5.74) is 3.55. The number of nitrogens with one attached hydrogen (secondary N) is 1. The Labute approximate surface area is 236 Å². The zero-order chi connectivity index (χ0) is 27.5. The van der Waals surface area contributed by atoms with E-state index in [1.807, 2.05) is 12.1 Å². The van der Waals surface area contributed by atoms with Gasteiger partial charge in [0, 0.05) is 41.5 Å². The van der Waals surface area contributed by atoms with Crippen LogP contribution in [0.4, 0.5) is 0 Å². The van der Waals surface area contributed by atoms with Gasteiger partial charge in [-0.05, 0) is 113 Å². The minimum absolute atomic E-state index is 0.0177. The summed E-state index contributed by atoms with van der Waals surface area (Å²) >= 11 is 4.61. The monoisotopic (exact) mass is 551 g/mol. The number of piperidine rings is 2. The van der Waals surface area contributed by atoms with Gasteiger partial charge in [-0.25, -0.2) is 0 Å². The van der Waals surface area contributed by atoms with Crippen LogP contribution in [0.1, 0.15) is 84.6 Å². The molecule has 210 valence electrons. The molecule has 4 fully saturated rings. The Bertz CT molecular complexity index is 1310. The van der Waals surface area contributed by atoms with Crippen LogP contribution in [0, 0.1) is 12.8 Å². The molecule has 4 unspecified atom stereocenters. The first-order chi connectivity index (χ1) is 18.7. The molecule has 4 heterocycles. The third-order valence-electron chi connectivity index (χ3n) is 9.95. The summed E-state index contributed by atoms with van der Waals surface area (Å²) in [6.07, 6.45) is 6.86. The second-order valence-electron chi connectivity index (χ2n) is 12.8. The van der Waals surface area contributed by atoms with Crippen molar-refractivity contribution in [2.75, 3.05) is 13.1 Å². The van der Waals surface area contributed by atoms with Crippen molar-refractivity contribution in [1.29, 1.82) is 0 Å². The Morgan fingerprint density at radius 3 is 2.59 bits per heavy atom. The summed E-state index contributed by atoms with van der Waals surface area (Å²) in [7, 11) is 0. The number of fused-ring (bicyclic) bond motifs is 2. The molecule has 7 nitrogen and oxygen atoms in total. The molecular formula is C31H41N3O4S. The predicted molar refractivity (Wildman–Crippen MR) is 155 cm³/mol. The highest BCUT2D eigenvalue weighted by atomic mass is 32.1. The van der Waals surface area contributed by atoms with Gasteiger partial charge in [0.25, 0.3) is 11.5 Å². The van der Waals surface area contributed by atoms with E-state index in [0.717, 1.165) is 60.7 Å². The number of aryl methyl sites for hydroxylation is 1. The van der Waals surface area contributed by atoms with Gasteiger partial charge < -0.3 is 25.0 Å². The van der Waals surface area contributed by atoms with Crippen LogP contribution >= 0.6 is 12.6 Å². The first-order valence-corrected chi connectivity index (χ1v) is 15.2. The highest BCUT2D eigenvalue weighted by Gasteiger charge is 2.48. The number of phenols is 1. The molecular weight excluding hydrogens is 510 g/mol. The molecule has 6 rings (SSSR count). The largest absolute Gasteiger partial charge is 0.508 e. The Kier molecular flexibility index (Phi) is 7.09. The van der Waals surface area contributed by atoms with Gasteiger partial charge in [0.15, 0.2) is 0 Å². The van der Waals surface area contributed by atoms with E-state index in [1.165, 1.54) is 12.8 Å². The molecule has 0 radical (unpaired) electrons. The third-order valence-corrected chi connectivity index (χ3v) is 10.3. The topological polar surface area (TPSA) is 96.9 Å². The Morgan fingerprint density at radius 2 is 1.92 bits per heavy atom. The summed E-state index contributed by atoms with van der Waals surface area (Å²) < 4.78 is 0. The van der Waals surface area contributed by atoms with Crippen LogP contribution in [0.3, 0.4) is 0 Å². The number of aromatic nitrogens is 1. The molecule has 4 atom stereocenters. The Balaban J connectivity index is 1.33. The van der Waals surface area contributed by atoms with E-state index >= 15 is 0 Å². The van der Waals surface area contributed by atoms with Crippen molar-refractivity contribution in [3.05, 3.63) is 62.6 Å². The molecule has 3 saturated heterocycles. The molecule has 0 spiro atoms. The van der Waals surface area contributed by atoms with Gasteiger partial charge in [-0.15, -0.1) is 0 Å². The number of rotatable bonds is 7. The van der Waals surface area contributed by atoms with Crippen molar-refractivity contribution in [2.45, 2.75) is 101 Å². The van der Waals surface area contributed by atoms with Crippen molar-refractivity contribution in [3.63, 3.8) is 0 Å². The molecule has 8 heteroatoms. The summed E-state index contributed by atoms with van der Waals surface area (Å²) in [5.74, 6) is 1.27. The average molecular weight is 552 g/mol. The average Bonchev–Trinajstić information content (AvgIpc) is 3.71. The third kappa shape index (κ3) is 5.04. The lowest BCUT2D eigenvalue weighted by Crippen LogP contribution is -2.64. The van der Waals surface area contributed by atoms with Gasteiger partial charge in [-0.1, -0.05) is 6.07 Å². The van der Waals surface area contributed by atoms with Crippen LogP contribution < -0.4 is 5.56 Å². The van der Waals surface area contributed by atoms with Crippen molar-refractivity contribution in [3.8, 4) is 5.75 Å². The lowest BCUT2D eigenvalue weighted by Gasteiger charge is -2.54. The molecule has 1 aromatic carbocycles. The van der Waals surface area contributed by atoms with E-state index in [9.17, 15) is 19.8 Å². The molecule has 39 heavy (non-hydrogen) atoms. The number of amides is 1. The van der Waals surface area contributed by atoms with E-state index in [0.29, 0.717) is 31.1 Å². The number of phenolic OH excluding ortho intramolecular Hbond substituents is 1. The zero-order valence-electron chi connectivity index (χ0n) is 23.0. The lowest BCUT2D eigenvalue weighted by molar-refractivity contribution is -0.0597. The number of aliphatic hydroxyl groups is 1. The van der Waals surface area contributed by atoms with Crippen molar-refractivity contribution in [2.24, 2.45) is 5.92 Å². The number of likely N-dealkylation sites (tertiary alicyclic amines) is 1. The first-order valence-electron chi connectivity index (χ1n) is 14.6. The van der Waals surface area contributed by atoms with Crippen molar-refractivity contribution < 1.29 is 15.0 Å². The normalized spacial score (nSPS) is 30.7. The fourth-order valence-electron chi connectivity index (χ4n) is 7.68. The van der Waals surface area contributed by atoms with Gasteiger partial charge in [0.1, 0.15) is 11.3 Å². The first kappa shape index (κ1) is 26.9. The van der Waals surface area contributed by atoms with Crippen LogP contribution in [0.15, 0.2) is 29.1 Å². The fourth-order valence-corrected chi connectivity index (χ4v) is 7.97. The minimum atomic E-state index is -0.360. The van der Waals surface area contributed by atoms with Gasteiger partial charge in [0.2, 0.25) is 0 Å². The van der Waals surface area contributed by atoms with Crippen LogP contribution in [0.25, 0.3) is 0 Å². The molecule has 1 saturated carbocycles. The van der Waals surface area contributed by atoms with E-state index in [2.05, 4.69) is 36.4 Å². The highest BCUT2D eigenvalue weighted by Crippen LogP contribution is 2.45. The highest BCUT2D eigenvalue weighted by molar-refractivity contribution is 7.79. The molecule has 4 aliphatic rings. The Hall–Kier alpha value is -2.29. The van der Waals surface area contributed by atoms with E-state index < -0.39 is 0 Å². The standard InChI is InChI=1S/C31H41N3O4S/c1-18-3-6-24(35)13-27(18)31(7-8-33(19(2)14-31)16-20-4-5-20)15-28-21(17-39)9-26(29(37)32-28)30(38)34-22-10-23(34)12-25(36)11-22/h3,6,9,13,19-20,22-23,25,35-36,39H,4-5,7-8,10-12,14-17H2,1-2H3,(H,32,37). The second-order valence-corrected chi connectivity index (χ2v) is 13.1. The summed E-state index contributed by atoms with van der Waals surface area (Å²) in [6, 6.07) is 7.80. The summed E-state index contributed by atoms with van der Waals surface area (Å²) in [6.45, 7) is 6.54.